The summed E-state index contributed by atoms with van der Waals surface area (Å²) in [6, 6.07) is 0.369. The molecule has 0 aromatic carbocycles. The average Bonchev–Trinajstić information content (AvgIpc) is 2.13. The first-order chi connectivity index (χ1) is 7.69. The van der Waals surface area contributed by atoms with Crippen molar-refractivity contribution in [2.24, 2.45) is 23.2 Å². The molecule has 1 atom stereocenters. The van der Waals surface area contributed by atoms with Gasteiger partial charge >= 0.3 is 0 Å². The monoisotopic (exact) mass is 221 g/mol. The van der Waals surface area contributed by atoms with Crippen LogP contribution in [0.3, 0.4) is 0 Å². The molecule has 4 fully saturated rings. The summed E-state index contributed by atoms with van der Waals surface area (Å²) in [5.74, 6) is 3.07. The van der Waals surface area contributed by atoms with E-state index in [1.807, 2.05) is 0 Å². The largest absolute Gasteiger partial charge is 0.356 e. The highest BCUT2D eigenvalue weighted by Gasteiger charge is 2.50. The maximum absolute atomic E-state index is 10.5. The molecular weight excluding hydrogens is 198 g/mol. The second-order valence-corrected chi connectivity index (χ2v) is 6.81. The Labute approximate surface area is 98.2 Å². The van der Waals surface area contributed by atoms with E-state index in [-0.39, 0.29) is 0 Å². The Morgan fingerprint density at radius 1 is 1.19 bits per heavy atom. The SMILES string of the molecule is CC(CC12CC3CC(CC(C3)C1)C2)NC=O. The second kappa shape index (κ2) is 3.75. The predicted octanol–water partition coefficient (Wildman–Crippen LogP) is 2.73. The molecule has 0 aliphatic heterocycles. The van der Waals surface area contributed by atoms with Gasteiger partial charge in [-0.25, -0.2) is 0 Å². The number of carbonyl (C=O) groups excluding carboxylic acids is 1. The van der Waals surface area contributed by atoms with Gasteiger partial charge in [0.1, 0.15) is 0 Å². The number of hydrogen-bond donors (Lipinski definition) is 1. The number of hydrogen-bond acceptors (Lipinski definition) is 1. The lowest BCUT2D eigenvalue weighted by Gasteiger charge is -2.57. The van der Waals surface area contributed by atoms with Crippen molar-refractivity contribution in [2.75, 3.05) is 0 Å². The van der Waals surface area contributed by atoms with Crippen LogP contribution in [-0.4, -0.2) is 12.5 Å². The first-order valence-corrected chi connectivity index (χ1v) is 6.89. The van der Waals surface area contributed by atoms with Crippen molar-refractivity contribution in [1.82, 2.24) is 5.32 Å². The normalized spacial score (nSPS) is 46.7. The molecule has 0 saturated heterocycles. The number of nitrogens with one attached hydrogen (secondary N) is 1. The Hall–Kier alpha value is -0.530. The fraction of sp³-hybridized carbons (Fsp3) is 0.929. The molecule has 4 aliphatic rings. The minimum absolute atomic E-state index is 0.369. The quantitative estimate of drug-likeness (QED) is 0.727. The van der Waals surface area contributed by atoms with Crippen LogP contribution in [0, 0.1) is 23.2 Å². The maximum atomic E-state index is 10.5. The molecule has 2 heteroatoms. The van der Waals surface area contributed by atoms with E-state index in [2.05, 4.69) is 12.2 Å². The van der Waals surface area contributed by atoms with Gasteiger partial charge in [-0.15, -0.1) is 0 Å². The van der Waals surface area contributed by atoms with Crippen LogP contribution in [0.15, 0.2) is 0 Å². The molecule has 4 aliphatic carbocycles. The summed E-state index contributed by atoms with van der Waals surface area (Å²) in [4.78, 5) is 10.5. The van der Waals surface area contributed by atoms with Crippen molar-refractivity contribution in [2.45, 2.75) is 57.9 Å². The third-order valence-corrected chi connectivity index (χ3v) is 5.26. The summed E-state index contributed by atoms with van der Waals surface area (Å²) in [6.45, 7) is 2.16. The molecule has 2 nitrogen and oxygen atoms in total. The fourth-order valence-corrected chi connectivity index (χ4v) is 5.36. The van der Waals surface area contributed by atoms with Gasteiger partial charge in [0.2, 0.25) is 6.41 Å². The summed E-state index contributed by atoms with van der Waals surface area (Å²) in [5.41, 5.74) is 0.601. The summed E-state index contributed by atoms with van der Waals surface area (Å²) >= 11 is 0. The average molecular weight is 221 g/mol. The van der Waals surface area contributed by atoms with Gasteiger partial charge in [-0.05, 0) is 75.0 Å². The Bertz CT molecular complexity index is 251. The minimum Gasteiger partial charge on any atom is -0.356 e. The molecule has 0 spiro atoms. The van der Waals surface area contributed by atoms with Crippen molar-refractivity contribution >= 4 is 6.41 Å². The van der Waals surface area contributed by atoms with Crippen LogP contribution in [0.2, 0.25) is 0 Å². The van der Waals surface area contributed by atoms with Crippen LogP contribution in [0.1, 0.15) is 51.9 Å². The number of rotatable bonds is 4. The van der Waals surface area contributed by atoms with Crippen LogP contribution in [0.4, 0.5) is 0 Å². The lowest BCUT2D eigenvalue weighted by molar-refractivity contribution is -0.110. The highest BCUT2D eigenvalue weighted by Crippen LogP contribution is 2.61. The molecule has 1 unspecified atom stereocenters. The maximum Gasteiger partial charge on any atom is 0.207 e. The van der Waals surface area contributed by atoms with E-state index >= 15 is 0 Å². The smallest absolute Gasteiger partial charge is 0.207 e. The van der Waals surface area contributed by atoms with Crippen LogP contribution in [-0.2, 0) is 4.79 Å². The molecule has 16 heavy (non-hydrogen) atoms. The van der Waals surface area contributed by atoms with Crippen LogP contribution in [0.25, 0.3) is 0 Å². The molecular formula is C14H23NO. The molecule has 4 rings (SSSR count). The molecule has 4 saturated carbocycles. The van der Waals surface area contributed by atoms with Crippen LogP contribution in [0.5, 0.6) is 0 Å². The minimum atomic E-state index is 0.369. The van der Waals surface area contributed by atoms with E-state index in [1.165, 1.54) is 44.9 Å². The summed E-state index contributed by atoms with van der Waals surface area (Å²) in [6.07, 6.45) is 11.0. The number of amides is 1. The molecule has 1 N–H and O–H groups in total. The summed E-state index contributed by atoms with van der Waals surface area (Å²) in [7, 11) is 0. The first kappa shape index (κ1) is 10.6. The number of carbonyl (C=O) groups is 1. The van der Waals surface area contributed by atoms with Gasteiger partial charge in [0.05, 0.1) is 0 Å². The molecule has 0 aromatic heterocycles. The third kappa shape index (κ3) is 1.76. The third-order valence-electron chi connectivity index (χ3n) is 5.26. The van der Waals surface area contributed by atoms with Gasteiger partial charge in [0, 0.05) is 6.04 Å². The van der Waals surface area contributed by atoms with E-state index in [4.69, 9.17) is 0 Å². The molecule has 4 bridgehead atoms. The highest BCUT2D eigenvalue weighted by molar-refractivity contribution is 5.46. The topological polar surface area (TPSA) is 29.1 Å². The van der Waals surface area contributed by atoms with Gasteiger partial charge in [-0.2, -0.15) is 0 Å². The zero-order valence-corrected chi connectivity index (χ0v) is 10.2. The summed E-state index contributed by atoms with van der Waals surface area (Å²) in [5, 5.41) is 2.94. The van der Waals surface area contributed by atoms with E-state index in [0.29, 0.717) is 11.5 Å². The van der Waals surface area contributed by atoms with Crippen molar-refractivity contribution in [3.63, 3.8) is 0 Å². The van der Waals surface area contributed by atoms with E-state index in [0.717, 1.165) is 24.2 Å². The lowest BCUT2D eigenvalue weighted by atomic mass is 9.48. The van der Waals surface area contributed by atoms with E-state index < -0.39 is 0 Å². The second-order valence-electron chi connectivity index (χ2n) is 6.81. The van der Waals surface area contributed by atoms with Crippen LogP contribution >= 0.6 is 0 Å². The first-order valence-electron chi connectivity index (χ1n) is 6.89. The van der Waals surface area contributed by atoms with Gasteiger partial charge in [0.15, 0.2) is 0 Å². The predicted molar refractivity (Wildman–Crippen MR) is 63.9 cm³/mol. The molecule has 0 heterocycles. The van der Waals surface area contributed by atoms with Crippen molar-refractivity contribution < 1.29 is 4.79 Å². The molecule has 0 aromatic rings. The molecule has 90 valence electrons. The molecule has 1 amide bonds. The Balaban J connectivity index is 1.71. The zero-order valence-electron chi connectivity index (χ0n) is 10.2. The summed E-state index contributed by atoms with van der Waals surface area (Å²) < 4.78 is 0. The lowest BCUT2D eigenvalue weighted by Crippen LogP contribution is -2.48. The highest BCUT2D eigenvalue weighted by atomic mass is 16.1. The Kier molecular flexibility index (Phi) is 2.49. The standard InChI is InChI=1S/C14H23NO/c1-10(15-9-16)5-14-6-11-2-12(7-14)4-13(3-11)8-14/h9-13H,2-8H2,1H3,(H,15,16). The van der Waals surface area contributed by atoms with Gasteiger partial charge < -0.3 is 5.32 Å². The van der Waals surface area contributed by atoms with Crippen molar-refractivity contribution in [3.8, 4) is 0 Å². The van der Waals surface area contributed by atoms with Gasteiger partial charge in [-0.1, -0.05) is 0 Å². The Morgan fingerprint density at radius 3 is 2.12 bits per heavy atom. The molecule has 0 radical (unpaired) electrons. The van der Waals surface area contributed by atoms with Crippen molar-refractivity contribution in [1.29, 1.82) is 0 Å². The zero-order chi connectivity index (χ0) is 11.2. The van der Waals surface area contributed by atoms with Crippen molar-refractivity contribution in [3.05, 3.63) is 0 Å². The van der Waals surface area contributed by atoms with Crippen LogP contribution < -0.4 is 5.32 Å². The Morgan fingerprint density at radius 2 is 1.69 bits per heavy atom. The van der Waals surface area contributed by atoms with Gasteiger partial charge in [-0.3, -0.25) is 4.79 Å². The van der Waals surface area contributed by atoms with E-state index in [1.54, 1.807) is 0 Å². The van der Waals surface area contributed by atoms with E-state index in [9.17, 15) is 4.79 Å². The fourth-order valence-electron chi connectivity index (χ4n) is 5.36. The van der Waals surface area contributed by atoms with Gasteiger partial charge in [0.25, 0.3) is 0 Å².